The van der Waals surface area contributed by atoms with Gasteiger partial charge in [0.25, 0.3) is 0 Å². The molecule has 7 heteroatoms. The topological polar surface area (TPSA) is 67.3 Å². The van der Waals surface area contributed by atoms with Crippen molar-refractivity contribution < 1.29 is 9.53 Å². The van der Waals surface area contributed by atoms with Crippen molar-refractivity contribution >= 4 is 27.8 Å². The zero-order valence-corrected chi connectivity index (χ0v) is 11.6. The average Bonchev–Trinajstić information content (AvgIpc) is 2.31. The molecular weight excluding hydrogens is 288 g/mol. The molecule has 0 fully saturated rings. The van der Waals surface area contributed by atoms with E-state index < -0.39 is 0 Å². The minimum absolute atomic E-state index is 0.0570. The predicted octanol–water partition coefficient (Wildman–Crippen LogP) is 1.14. The van der Waals surface area contributed by atoms with E-state index >= 15 is 0 Å². The number of anilines is 1. The molecule has 1 rings (SSSR count). The predicted molar refractivity (Wildman–Crippen MR) is 68.1 cm³/mol. The number of aromatic nitrogens is 2. The van der Waals surface area contributed by atoms with Crippen LogP contribution in [0.1, 0.15) is 6.42 Å². The van der Waals surface area contributed by atoms with Crippen LogP contribution in [0.5, 0.6) is 5.88 Å². The monoisotopic (exact) mass is 302 g/mol. The lowest BCUT2D eigenvalue weighted by molar-refractivity contribution is -0.128. The number of rotatable bonds is 5. The molecule has 1 amide bonds. The number of carbonyl (C=O) groups excluding carboxylic acids is 1. The SMILES string of the molecule is COc1nc(NCCC(=O)N(C)C)ncc1Br. The summed E-state index contributed by atoms with van der Waals surface area (Å²) in [7, 11) is 4.98. The molecule has 0 saturated heterocycles. The molecule has 0 atom stereocenters. The molecule has 0 aromatic carbocycles. The fourth-order valence-electron chi connectivity index (χ4n) is 1.08. The first kappa shape index (κ1) is 13.7. The van der Waals surface area contributed by atoms with Gasteiger partial charge < -0.3 is 15.0 Å². The molecule has 0 bridgehead atoms. The number of nitrogens with zero attached hydrogens (tertiary/aromatic N) is 3. The molecule has 1 N–H and O–H groups in total. The summed E-state index contributed by atoms with van der Waals surface area (Å²) in [5, 5.41) is 2.96. The van der Waals surface area contributed by atoms with Crippen LogP contribution in [0.4, 0.5) is 5.95 Å². The average molecular weight is 303 g/mol. The number of hydrogen-bond acceptors (Lipinski definition) is 5. The minimum atomic E-state index is 0.0570. The Bertz CT molecular complexity index is 398. The maximum absolute atomic E-state index is 11.3. The lowest BCUT2D eigenvalue weighted by atomic mass is 10.4. The van der Waals surface area contributed by atoms with Crippen molar-refractivity contribution in [1.29, 1.82) is 0 Å². The summed E-state index contributed by atoms with van der Waals surface area (Å²) in [6, 6.07) is 0. The van der Waals surface area contributed by atoms with Gasteiger partial charge in [0.2, 0.25) is 17.7 Å². The Morgan fingerprint density at radius 2 is 2.29 bits per heavy atom. The molecule has 0 aliphatic heterocycles. The number of ether oxygens (including phenoxy) is 1. The van der Waals surface area contributed by atoms with Gasteiger partial charge in [-0.2, -0.15) is 4.98 Å². The van der Waals surface area contributed by atoms with Crippen molar-refractivity contribution in [2.75, 3.05) is 33.1 Å². The first-order valence-electron chi connectivity index (χ1n) is 5.05. The number of nitrogens with one attached hydrogen (secondary N) is 1. The Labute approximate surface area is 109 Å². The van der Waals surface area contributed by atoms with Gasteiger partial charge >= 0.3 is 0 Å². The molecule has 1 aromatic rings. The molecule has 1 aromatic heterocycles. The number of halogens is 1. The number of hydrogen-bond donors (Lipinski definition) is 1. The van der Waals surface area contributed by atoms with E-state index in [1.165, 1.54) is 7.11 Å². The Morgan fingerprint density at radius 1 is 1.59 bits per heavy atom. The normalized spacial score (nSPS) is 9.88. The highest BCUT2D eigenvalue weighted by molar-refractivity contribution is 9.10. The molecular formula is C10H15BrN4O2. The molecule has 17 heavy (non-hydrogen) atoms. The standard InChI is InChI=1S/C10H15BrN4O2/c1-15(2)8(16)4-5-12-10-13-6-7(11)9(14-10)17-3/h6H,4-5H2,1-3H3,(H,12,13,14). The van der Waals surface area contributed by atoms with Crippen molar-refractivity contribution in [3.8, 4) is 5.88 Å². The molecule has 0 spiro atoms. The fraction of sp³-hybridized carbons (Fsp3) is 0.500. The second-order valence-corrected chi connectivity index (χ2v) is 4.37. The van der Waals surface area contributed by atoms with Gasteiger partial charge in [-0.15, -0.1) is 0 Å². The fourth-order valence-corrected chi connectivity index (χ4v) is 1.44. The van der Waals surface area contributed by atoms with Crippen LogP contribution >= 0.6 is 15.9 Å². The summed E-state index contributed by atoms with van der Waals surface area (Å²) in [5.41, 5.74) is 0. The Hall–Kier alpha value is -1.37. The van der Waals surface area contributed by atoms with Gasteiger partial charge in [-0.05, 0) is 15.9 Å². The van der Waals surface area contributed by atoms with Crippen LogP contribution in [0.15, 0.2) is 10.7 Å². The molecule has 94 valence electrons. The third kappa shape index (κ3) is 4.18. The van der Waals surface area contributed by atoms with Crippen molar-refractivity contribution in [3.05, 3.63) is 10.7 Å². The van der Waals surface area contributed by atoms with Crippen LogP contribution in [0, 0.1) is 0 Å². The molecule has 0 radical (unpaired) electrons. The van der Waals surface area contributed by atoms with Gasteiger partial charge in [0.15, 0.2) is 0 Å². The first-order valence-corrected chi connectivity index (χ1v) is 5.84. The Morgan fingerprint density at radius 3 is 2.88 bits per heavy atom. The molecule has 0 aliphatic rings. The van der Waals surface area contributed by atoms with E-state index in [0.717, 1.165) is 0 Å². The third-order valence-electron chi connectivity index (χ3n) is 2.03. The molecule has 6 nitrogen and oxygen atoms in total. The van der Waals surface area contributed by atoms with Crippen LogP contribution in [-0.2, 0) is 4.79 Å². The second kappa shape index (κ2) is 6.39. The van der Waals surface area contributed by atoms with Gasteiger partial charge in [0.05, 0.1) is 17.8 Å². The highest BCUT2D eigenvalue weighted by Crippen LogP contribution is 2.21. The highest BCUT2D eigenvalue weighted by Gasteiger charge is 2.06. The molecule has 0 aliphatic carbocycles. The van der Waals surface area contributed by atoms with E-state index in [0.29, 0.717) is 29.3 Å². The van der Waals surface area contributed by atoms with Crippen LogP contribution in [0.3, 0.4) is 0 Å². The van der Waals surface area contributed by atoms with E-state index in [9.17, 15) is 4.79 Å². The lowest BCUT2D eigenvalue weighted by Gasteiger charge is -2.10. The van der Waals surface area contributed by atoms with Crippen molar-refractivity contribution in [1.82, 2.24) is 14.9 Å². The lowest BCUT2D eigenvalue weighted by Crippen LogP contribution is -2.24. The summed E-state index contributed by atoms with van der Waals surface area (Å²) in [4.78, 5) is 21.0. The zero-order valence-electron chi connectivity index (χ0n) is 10.0. The summed E-state index contributed by atoms with van der Waals surface area (Å²) in [6.45, 7) is 0.488. The van der Waals surface area contributed by atoms with Crippen LogP contribution in [0.2, 0.25) is 0 Å². The summed E-state index contributed by atoms with van der Waals surface area (Å²) >= 11 is 3.26. The second-order valence-electron chi connectivity index (χ2n) is 3.52. The summed E-state index contributed by atoms with van der Waals surface area (Å²) in [5.74, 6) is 0.958. The maximum Gasteiger partial charge on any atom is 0.232 e. The third-order valence-corrected chi connectivity index (χ3v) is 2.57. The molecule has 0 unspecified atom stereocenters. The van der Waals surface area contributed by atoms with Crippen molar-refractivity contribution in [3.63, 3.8) is 0 Å². The smallest absolute Gasteiger partial charge is 0.232 e. The number of carbonyl (C=O) groups is 1. The summed E-state index contributed by atoms with van der Waals surface area (Å²) in [6.07, 6.45) is 2.00. The van der Waals surface area contributed by atoms with E-state index in [2.05, 4.69) is 31.2 Å². The zero-order chi connectivity index (χ0) is 12.8. The van der Waals surface area contributed by atoms with E-state index in [4.69, 9.17) is 4.74 Å². The molecule has 0 saturated carbocycles. The quantitative estimate of drug-likeness (QED) is 0.883. The van der Waals surface area contributed by atoms with Crippen LogP contribution in [0.25, 0.3) is 0 Å². The van der Waals surface area contributed by atoms with Gasteiger partial charge in [0.1, 0.15) is 0 Å². The van der Waals surface area contributed by atoms with Gasteiger partial charge in [-0.1, -0.05) is 0 Å². The minimum Gasteiger partial charge on any atom is -0.480 e. The van der Waals surface area contributed by atoms with Gasteiger partial charge in [0, 0.05) is 27.1 Å². The maximum atomic E-state index is 11.3. The van der Waals surface area contributed by atoms with E-state index in [1.54, 1.807) is 25.2 Å². The van der Waals surface area contributed by atoms with Crippen LogP contribution < -0.4 is 10.1 Å². The first-order chi connectivity index (χ1) is 8.04. The highest BCUT2D eigenvalue weighted by atomic mass is 79.9. The Balaban J connectivity index is 2.50. The van der Waals surface area contributed by atoms with E-state index in [1.807, 2.05) is 0 Å². The van der Waals surface area contributed by atoms with Crippen molar-refractivity contribution in [2.24, 2.45) is 0 Å². The molecule has 1 heterocycles. The Kier molecular flexibility index (Phi) is 5.14. The van der Waals surface area contributed by atoms with Gasteiger partial charge in [-0.3, -0.25) is 4.79 Å². The van der Waals surface area contributed by atoms with Crippen LogP contribution in [-0.4, -0.2) is 48.5 Å². The summed E-state index contributed by atoms with van der Waals surface area (Å²) < 4.78 is 5.73. The van der Waals surface area contributed by atoms with Crippen molar-refractivity contribution in [2.45, 2.75) is 6.42 Å². The number of amides is 1. The number of methoxy groups -OCH3 is 1. The van der Waals surface area contributed by atoms with Gasteiger partial charge in [-0.25, -0.2) is 4.98 Å². The largest absolute Gasteiger partial charge is 0.480 e. The van der Waals surface area contributed by atoms with E-state index in [-0.39, 0.29) is 5.91 Å².